The highest BCUT2D eigenvalue weighted by Gasteiger charge is 2.10. The van der Waals surface area contributed by atoms with E-state index in [9.17, 15) is 9.59 Å². The number of hydrogen-bond donors (Lipinski definition) is 0. The lowest BCUT2D eigenvalue weighted by atomic mass is 9.96. The number of aldehydes is 1. The molecular weight excluding hydrogens is 224 g/mol. The monoisotopic (exact) mass is 244 g/mol. The van der Waals surface area contributed by atoms with Gasteiger partial charge in [0.1, 0.15) is 0 Å². The van der Waals surface area contributed by atoms with Crippen LogP contribution in [-0.4, -0.2) is 12.1 Å². The van der Waals surface area contributed by atoms with Crippen LogP contribution in [0.1, 0.15) is 58.0 Å². The number of aryl methyl sites for hydroxylation is 1. The van der Waals surface area contributed by atoms with Crippen molar-refractivity contribution in [2.75, 3.05) is 0 Å². The van der Waals surface area contributed by atoms with Crippen molar-refractivity contribution in [2.45, 2.75) is 40.0 Å². The Labute approximate surface area is 109 Å². The normalized spacial score (nSPS) is 10.8. The van der Waals surface area contributed by atoms with E-state index in [1.165, 1.54) is 0 Å². The molecule has 2 nitrogen and oxygen atoms in total. The highest BCUT2D eigenvalue weighted by atomic mass is 16.1. The molecule has 0 aliphatic rings. The number of rotatable bonds is 6. The Hall–Kier alpha value is -1.70. The van der Waals surface area contributed by atoms with E-state index in [4.69, 9.17) is 0 Å². The van der Waals surface area contributed by atoms with Crippen LogP contribution < -0.4 is 0 Å². The Kier molecular flexibility index (Phi) is 5.50. The van der Waals surface area contributed by atoms with Crippen molar-refractivity contribution in [3.05, 3.63) is 46.5 Å². The molecule has 0 N–H and O–H groups in total. The maximum Gasteiger partial charge on any atom is 0.185 e. The van der Waals surface area contributed by atoms with Crippen LogP contribution in [0.3, 0.4) is 0 Å². The number of ketones is 1. The van der Waals surface area contributed by atoms with E-state index < -0.39 is 0 Å². The van der Waals surface area contributed by atoms with E-state index in [0.29, 0.717) is 11.1 Å². The van der Waals surface area contributed by atoms with Crippen molar-refractivity contribution in [1.82, 2.24) is 0 Å². The Bertz CT molecular complexity index is 470. The first kappa shape index (κ1) is 14.4. The molecule has 0 bridgehead atoms. The van der Waals surface area contributed by atoms with Gasteiger partial charge in [0.25, 0.3) is 0 Å². The van der Waals surface area contributed by atoms with Crippen LogP contribution in [0.5, 0.6) is 0 Å². The summed E-state index contributed by atoms with van der Waals surface area (Å²) in [6, 6.07) is 3.62. The van der Waals surface area contributed by atoms with Gasteiger partial charge < -0.3 is 0 Å². The van der Waals surface area contributed by atoms with Crippen LogP contribution in [0.4, 0.5) is 0 Å². The van der Waals surface area contributed by atoms with Crippen molar-refractivity contribution in [3.63, 3.8) is 0 Å². The summed E-state index contributed by atoms with van der Waals surface area (Å²) in [5, 5.41) is 0. The number of carbonyl (C=O) groups excluding carboxylic acids is 2. The van der Waals surface area contributed by atoms with Gasteiger partial charge in [-0.1, -0.05) is 38.0 Å². The summed E-state index contributed by atoms with van der Waals surface area (Å²) in [5.41, 5.74) is 2.93. The zero-order valence-corrected chi connectivity index (χ0v) is 11.3. The molecule has 0 spiro atoms. The van der Waals surface area contributed by atoms with E-state index in [1.807, 2.05) is 26.0 Å². The van der Waals surface area contributed by atoms with Crippen LogP contribution in [0.25, 0.3) is 0 Å². The van der Waals surface area contributed by atoms with E-state index >= 15 is 0 Å². The molecular formula is C16H20O2. The van der Waals surface area contributed by atoms with Crippen LogP contribution in [0.15, 0.2) is 24.3 Å². The molecule has 2 heteroatoms. The van der Waals surface area contributed by atoms with Crippen molar-refractivity contribution in [3.8, 4) is 0 Å². The number of allylic oxidation sites excluding steroid dienone is 2. The Morgan fingerprint density at radius 3 is 2.61 bits per heavy atom. The molecule has 0 aliphatic heterocycles. The molecule has 0 saturated heterocycles. The molecule has 1 aromatic rings. The van der Waals surface area contributed by atoms with Gasteiger partial charge in [0, 0.05) is 11.1 Å². The number of hydrogen-bond acceptors (Lipinski definition) is 2. The van der Waals surface area contributed by atoms with Crippen LogP contribution in [0.2, 0.25) is 0 Å². The average Bonchev–Trinajstić information content (AvgIpc) is 2.35. The highest BCUT2D eigenvalue weighted by Crippen LogP contribution is 2.17. The van der Waals surface area contributed by atoms with Gasteiger partial charge in [-0.3, -0.25) is 9.59 Å². The van der Waals surface area contributed by atoms with Gasteiger partial charge in [-0.2, -0.15) is 0 Å². The van der Waals surface area contributed by atoms with Crippen molar-refractivity contribution >= 4 is 12.1 Å². The quantitative estimate of drug-likeness (QED) is 0.327. The predicted molar refractivity (Wildman–Crippen MR) is 74.3 cm³/mol. The van der Waals surface area contributed by atoms with E-state index in [2.05, 4.69) is 6.92 Å². The van der Waals surface area contributed by atoms with Crippen LogP contribution in [-0.2, 0) is 0 Å². The van der Waals surface area contributed by atoms with Gasteiger partial charge in [0.15, 0.2) is 12.1 Å². The Morgan fingerprint density at radius 2 is 2.00 bits per heavy atom. The fraction of sp³-hybridized carbons (Fsp3) is 0.375. The molecule has 0 saturated carbocycles. The van der Waals surface area contributed by atoms with Crippen LogP contribution in [0, 0.1) is 13.8 Å². The molecule has 0 fully saturated rings. The second-order valence-corrected chi connectivity index (χ2v) is 4.50. The average molecular weight is 244 g/mol. The standard InChI is InChI=1S/C16H20O2/c1-4-5-6-7-8-16(18)14-10-9-12(2)15(11-17)13(14)3/h7-11H,4-6H2,1-3H3. The topological polar surface area (TPSA) is 34.1 Å². The summed E-state index contributed by atoms with van der Waals surface area (Å²) in [7, 11) is 0. The zero-order chi connectivity index (χ0) is 13.5. The molecule has 0 aromatic heterocycles. The summed E-state index contributed by atoms with van der Waals surface area (Å²) >= 11 is 0. The molecule has 0 radical (unpaired) electrons. The first-order valence-electron chi connectivity index (χ1n) is 6.38. The summed E-state index contributed by atoms with van der Waals surface area (Å²) in [5.74, 6) is -0.0216. The fourth-order valence-electron chi connectivity index (χ4n) is 1.91. The lowest BCUT2D eigenvalue weighted by Crippen LogP contribution is -2.02. The van der Waals surface area contributed by atoms with Gasteiger partial charge in [-0.05, 0) is 37.5 Å². The molecule has 0 unspecified atom stereocenters. The lowest BCUT2D eigenvalue weighted by molar-refractivity contribution is 0.104. The molecule has 0 aliphatic carbocycles. The largest absolute Gasteiger partial charge is 0.298 e. The van der Waals surface area contributed by atoms with Gasteiger partial charge in [-0.25, -0.2) is 0 Å². The van der Waals surface area contributed by atoms with Gasteiger partial charge in [-0.15, -0.1) is 0 Å². The van der Waals surface area contributed by atoms with Gasteiger partial charge >= 0.3 is 0 Å². The minimum absolute atomic E-state index is 0.0216. The van der Waals surface area contributed by atoms with Crippen molar-refractivity contribution < 1.29 is 9.59 Å². The molecule has 0 amide bonds. The third-order valence-corrected chi connectivity index (χ3v) is 3.11. The smallest absolute Gasteiger partial charge is 0.185 e. The number of benzene rings is 1. The lowest BCUT2D eigenvalue weighted by Gasteiger charge is -2.07. The Morgan fingerprint density at radius 1 is 1.28 bits per heavy atom. The second-order valence-electron chi connectivity index (χ2n) is 4.50. The summed E-state index contributed by atoms with van der Waals surface area (Å²) in [6.45, 7) is 5.82. The van der Waals surface area contributed by atoms with Crippen LogP contribution >= 0.6 is 0 Å². The molecule has 0 heterocycles. The summed E-state index contributed by atoms with van der Waals surface area (Å²) < 4.78 is 0. The number of unbranched alkanes of at least 4 members (excludes halogenated alkanes) is 2. The maximum atomic E-state index is 12.0. The predicted octanol–water partition coefficient (Wildman–Crippen LogP) is 4.05. The summed E-state index contributed by atoms with van der Waals surface area (Å²) in [4.78, 5) is 23.0. The second kappa shape index (κ2) is 6.90. The van der Waals surface area contributed by atoms with Crippen molar-refractivity contribution in [1.29, 1.82) is 0 Å². The number of carbonyl (C=O) groups is 2. The molecule has 96 valence electrons. The fourth-order valence-corrected chi connectivity index (χ4v) is 1.91. The minimum atomic E-state index is -0.0216. The molecule has 1 rings (SSSR count). The molecule has 0 atom stereocenters. The Balaban J connectivity index is 2.93. The highest BCUT2D eigenvalue weighted by molar-refractivity contribution is 6.06. The first-order valence-corrected chi connectivity index (χ1v) is 6.38. The third kappa shape index (κ3) is 3.39. The zero-order valence-electron chi connectivity index (χ0n) is 11.3. The van der Waals surface area contributed by atoms with Crippen molar-refractivity contribution in [2.24, 2.45) is 0 Å². The molecule has 1 aromatic carbocycles. The minimum Gasteiger partial charge on any atom is -0.298 e. The van der Waals surface area contributed by atoms with E-state index in [-0.39, 0.29) is 5.78 Å². The summed E-state index contributed by atoms with van der Waals surface area (Å²) in [6.07, 6.45) is 7.48. The molecule has 18 heavy (non-hydrogen) atoms. The third-order valence-electron chi connectivity index (χ3n) is 3.11. The van der Waals surface area contributed by atoms with Gasteiger partial charge in [0.05, 0.1) is 0 Å². The van der Waals surface area contributed by atoms with E-state index in [1.54, 1.807) is 12.1 Å². The van der Waals surface area contributed by atoms with Gasteiger partial charge in [0.2, 0.25) is 0 Å². The van der Waals surface area contributed by atoms with E-state index in [0.717, 1.165) is 36.7 Å². The SMILES string of the molecule is CCCCC=CC(=O)c1ccc(C)c(C=O)c1C. The maximum absolute atomic E-state index is 12.0. The first-order chi connectivity index (χ1) is 8.61.